The molecule has 6 aromatic carbocycles. The molecule has 0 heteroatoms. The first-order valence-electron chi connectivity index (χ1n) is 11.7. The van der Waals surface area contributed by atoms with Crippen LogP contribution in [-0.4, -0.2) is 0 Å². The summed E-state index contributed by atoms with van der Waals surface area (Å²) in [7, 11) is 0. The van der Waals surface area contributed by atoms with Crippen LogP contribution in [0.4, 0.5) is 0 Å². The first-order valence-corrected chi connectivity index (χ1v) is 11.7. The minimum Gasteiger partial charge on any atom is -0.0653 e. The van der Waals surface area contributed by atoms with Crippen molar-refractivity contribution < 1.29 is 0 Å². The van der Waals surface area contributed by atoms with Gasteiger partial charge >= 0.3 is 0 Å². The van der Waals surface area contributed by atoms with Crippen LogP contribution in [-0.2, 0) is 0 Å². The highest BCUT2D eigenvalue weighted by Crippen LogP contribution is 2.44. The second kappa shape index (κ2) is 7.80. The molecule has 0 heterocycles. The first kappa shape index (κ1) is 19.1. The van der Waals surface area contributed by atoms with Gasteiger partial charge in [-0.15, -0.1) is 0 Å². The lowest BCUT2D eigenvalue weighted by Crippen LogP contribution is -2.05. The van der Waals surface area contributed by atoms with Gasteiger partial charge in [-0.05, 0) is 72.8 Å². The van der Waals surface area contributed by atoms with Crippen molar-refractivity contribution in [2.45, 2.75) is 25.7 Å². The number of hydrogen-bond donors (Lipinski definition) is 0. The molecule has 0 fully saturated rings. The molecule has 6 rings (SSSR count). The maximum atomic E-state index is 2.35. The number of rotatable bonds is 4. The summed E-state index contributed by atoms with van der Waals surface area (Å²) in [5, 5.41) is 10.8. The lowest BCUT2D eigenvalue weighted by Gasteiger charge is -2.25. The fourth-order valence-electron chi connectivity index (χ4n) is 5.57. The molecule has 0 radical (unpaired) electrons. The molecule has 0 aliphatic rings. The molecule has 0 N–H and O–H groups in total. The summed E-state index contributed by atoms with van der Waals surface area (Å²) in [6.07, 6.45) is 2.26. The normalized spacial score (nSPS) is 11.8. The van der Waals surface area contributed by atoms with E-state index in [9.17, 15) is 0 Å². The highest BCUT2D eigenvalue weighted by atomic mass is 14.3. The average Bonchev–Trinajstić information content (AvgIpc) is 2.85. The van der Waals surface area contributed by atoms with Crippen LogP contribution in [0.5, 0.6) is 0 Å². The third-order valence-electron chi connectivity index (χ3n) is 6.90. The molecule has 0 aromatic heterocycles. The molecule has 0 atom stereocenters. The van der Waals surface area contributed by atoms with Gasteiger partial charge in [0.05, 0.1) is 0 Å². The fraction of sp³-hybridized carbons (Fsp3) is 0.125. The molecular formula is C32H26. The Morgan fingerprint density at radius 1 is 0.469 bits per heavy atom. The fourth-order valence-corrected chi connectivity index (χ4v) is 5.57. The summed E-state index contributed by atoms with van der Waals surface area (Å²) in [6.45, 7) is 2.31. The van der Waals surface area contributed by atoms with E-state index in [1.165, 1.54) is 54.2 Å². The van der Waals surface area contributed by atoms with E-state index in [2.05, 4.69) is 116 Å². The molecule has 0 aliphatic carbocycles. The van der Waals surface area contributed by atoms with Gasteiger partial charge in [0.15, 0.2) is 0 Å². The van der Waals surface area contributed by atoms with Gasteiger partial charge < -0.3 is 0 Å². The maximum Gasteiger partial charge on any atom is 0.0114 e. The van der Waals surface area contributed by atoms with Crippen LogP contribution in [0.2, 0.25) is 0 Å². The van der Waals surface area contributed by atoms with Gasteiger partial charge in [0.2, 0.25) is 0 Å². The standard InChI is InChI=1S/C32H26/c1-2-11-30(31-26-16-7-3-12-22(26)20-23-13-4-8-17-27(23)31)32-28-18-9-5-14-24(28)21-25-15-6-10-19-29(25)32/h3-10,12-21,30H,2,11H2,1H3. The molecule has 0 nitrogen and oxygen atoms in total. The monoisotopic (exact) mass is 410 g/mol. The third kappa shape index (κ3) is 2.99. The van der Waals surface area contributed by atoms with Crippen LogP contribution in [0.1, 0.15) is 36.8 Å². The van der Waals surface area contributed by atoms with Gasteiger partial charge in [-0.2, -0.15) is 0 Å². The van der Waals surface area contributed by atoms with E-state index in [4.69, 9.17) is 0 Å². The summed E-state index contributed by atoms with van der Waals surface area (Å²) in [5.41, 5.74) is 2.95. The van der Waals surface area contributed by atoms with Crippen LogP contribution in [0.3, 0.4) is 0 Å². The summed E-state index contributed by atoms with van der Waals surface area (Å²) in [6, 6.07) is 40.3. The van der Waals surface area contributed by atoms with E-state index in [0.717, 1.165) is 12.8 Å². The third-order valence-corrected chi connectivity index (χ3v) is 6.90. The molecule has 0 aliphatic heterocycles. The van der Waals surface area contributed by atoms with Crippen molar-refractivity contribution in [2.24, 2.45) is 0 Å². The smallest absolute Gasteiger partial charge is 0.0114 e. The molecule has 6 aromatic rings. The average molecular weight is 411 g/mol. The first-order chi connectivity index (χ1) is 15.8. The van der Waals surface area contributed by atoms with Crippen molar-refractivity contribution in [3.05, 3.63) is 120 Å². The summed E-state index contributed by atoms with van der Waals surface area (Å²) in [5.74, 6) is 0.326. The summed E-state index contributed by atoms with van der Waals surface area (Å²) >= 11 is 0. The van der Waals surface area contributed by atoms with Crippen molar-refractivity contribution in [1.82, 2.24) is 0 Å². The second-order valence-corrected chi connectivity index (χ2v) is 8.81. The second-order valence-electron chi connectivity index (χ2n) is 8.81. The molecule has 0 unspecified atom stereocenters. The van der Waals surface area contributed by atoms with Crippen molar-refractivity contribution in [2.75, 3.05) is 0 Å². The minimum atomic E-state index is 0.326. The van der Waals surface area contributed by atoms with Crippen LogP contribution >= 0.6 is 0 Å². The Kier molecular flexibility index (Phi) is 4.65. The Labute approximate surface area is 189 Å². The Hall–Kier alpha value is -3.64. The summed E-state index contributed by atoms with van der Waals surface area (Å²) < 4.78 is 0. The van der Waals surface area contributed by atoms with Crippen LogP contribution in [0.25, 0.3) is 43.1 Å². The SMILES string of the molecule is CCCC(c1c2ccccc2cc2ccccc12)c1c2ccccc2cc2ccccc12. The Morgan fingerprint density at radius 2 is 0.781 bits per heavy atom. The van der Waals surface area contributed by atoms with E-state index in [0.29, 0.717) is 5.92 Å². The molecule has 0 saturated carbocycles. The molecule has 0 spiro atoms. The van der Waals surface area contributed by atoms with E-state index in [-0.39, 0.29) is 0 Å². The topological polar surface area (TPSA) is 0 Å². The zero-order valence-corrected chi connectivity index (χ0v) is 18.4. The highest BCUT2D eigenvalue weighted by molar-refractivity contribution is 6.07. The van der Waals surface area contributed by atoms with Crippen molar-refractivity contribution in [1.29, 1.82) is 0 Å². The van der Waals surface area contributed by atoms with E-state index in [1.807, 2.05) is 0 Å². The predicted octanol–water partition coefficient (Wildman–Crippen LogP) is 9.23. The quantitative estimate of drug-likeness (QED) is 0.254. The van der Waals surface area contributed by atoms with E-state index < -0.39 is 0 Å². The van der Waals surface area contributed by atoms with Gasteiger partial charge in [0, 0.05) is 5.92 Å². The largest absolute Gasteiger partial charge is 0.0653 e. The zero-order valence-electron chi connectivity index (χ0n) is 18.4. The minimum absolute atomic E-state index is 0.326. The predicted molar refractivity (Wildman–Crippen MR) is 140 cm³/mol. The van der Waals surface area contributed by atoms with Gasteiger partial charge in [0.1, 0.15) is 0 Å². The molecule has 0 saturated heterocycles. The van der Waals surface area contributed by atoms with Crippen molar-refractivity contribution >= 4 is 43.1 Å². The van der Waals surface area contributed by atoms with Crippen molar-refractivity contribution in [3.8, 4) is 0 Å². The lowest BCUT2D eigenvalue weighted by molar-refractivity contribution is 0.714. The van der Waals surface area contributed by atoms with Crippen molar-refractivity contribution in [3.63, 3.8) is 0 Å². The number of fused-ring (bicyclic) bond motifs is 4. The number of hydrogen-bond acceptors (Lipinski definition) is 0. The molecule has 154 valence electrons. The van der Waals surface area contributed by atoms with E-state index >= 15 is 0 Å². The molecule has 0 amide bonds. The van der Waals surface area contributed by atoms with Crippen LogP contribution < -0.4 is 0 Å². The van der Waals surface area contributed by atoms with Gasteiger partial charge in [-0.1, -0.05) is 110 Å². The Bertz CT molecular complexity index is 1360. The molecular weight excluding hydrogens is 384 g/mol. The van der Waals surface area contributed by atoms with Crippen LogP contribution in [0, 0.1) is 0 Å². The lowest BCUT2D eigenvalue weighted by atomic mass is 9.78. The maximum absolute atomic E-state index is 2.35. The summed E-state index contributed by atoms with van der Waals surface area (Å²) in [4.78, 5) is 0. The molecule has 32 heavy (non-hydrogen) atoms. The zero-order chi connectivity index (χ0) is 21.5. The highest BCUT2D eigenvalue weighted by Gasteiger charge is 2.23. The van der Waals surface area contributed by atoms with Gasteiger partial charge in [-0.3, -0.25) is 0 Å². The van der Waals surface area contributed by atoms with Gasteiger partial charge in [-0.25, -0.2) is 0 Å². The number of benzene rings is 6. The Morgan fingerprint density at radius 3 is 1.09 bits per heavy atom. The Balaban J connectivity index is 1.80. The van der Waals surface area contributed by atoms with E-state index in [1.54, 1.807) is 0 Å². The van der Waals surface area contributed by atoms with Gasteiger partial charge in [0.25, 0.3) is 0 Å². The van der Waals surface area contributed by atoms with Crippen LogP contribution in [0.15, 0.2) is 109 Å². The molecule has 0 bridgehead atoms.